The zero-order valence-electron chi connectivity index (χ0n) is 21.2. The number of nitrogens with zero attached hydrogens (tertiary/aromatic N) is 2. The molecule has 1 aliphatic heterocycles. The van der Waals surface area contributed by atoms with Crippen molar-refractivity contribution >= 4 is 40.4 Å². The van der Waals surface area contributed by atoms with Crippen molar-refractivity contribution in [3.05, 3.63) is 88.5 Å². The summed E-state index contributed by atoms with van der Waals surface area (Å²) in [6.45, 7) is 4.58. The van der Waals surface area contributed by atoms with Crippen LogP contribution in [0.1, 0.15) is 31.0 Å². The van der Waals surface area contributed by atoms with Crippen LogP contribution in [0.2, 0.25) is 5.02 Å². The van der Waals surface area contributed by atoms with Crippen LogP contribution < -0.4 is 19.3 Å². The molecule has 4 rings (SSSR count). The largest absolute Gasteiger partial charge is 0.507 e. The van der Waals surface area contributed by atoms with Crippen LogP contribution in [-0.4, -0.2) is 44.1 Å². The molecular weight excluding hydrogens is 492 g/mol. The Kier molecular flexibility index (Phi) is 7.74. The van der Waals surface area contributed by atoms with Crippen LogP contribution in [0.25, 0.3) is 5.76 Å². The molecule has 0 aromatic heterocycles. The molecule has 0 bridgehead atoms. The summed E-state index contributed by atoms with van der Waals surface area (Å²) in [6, 6.07) is 18.4. The molecular formula is C29H29ClN2O5. The summed E-state index contributed by atoms with van der Waals surface area (Å²) in [6.07, 6.45) is 0. The molecule has 1 N–H and O–H groups in total. The summed E-state index contributed by atoms with van der Waals surface area (Å²) in [5.74, 6) is -0.877. The molecule has 0 aliphatic carbocycles. The van der Waals surface area contributed by atoms with Crippen LogP contribution in [0.4, 0.5) is 11.4 Å². The number of aliphatic hydroxyl groups excluding tert-OH is 1. The molecule has 1 fully saturated rings. The fourth-order valence-electron chi connectivity index (χ4n) is 4.35. The Labute approximate surface area is 221 Å². The monoisotopic (exact) mass is 520 g/mol. The lowest BCUT2D eigenvalue weighted by molar-refractivity contribution is -0.132. The normalized spacial score (nSPS) is 16.7. The van der Waals surface area contributed by atoms with Gasteiger partial charge in [0.2, 0.25) is 0 Å². The molecule has 37 heavy (non-hydrogen) atoms. The van der Waals surface area contributed by atoms with E-state index in [1.807, 2.05) is 57.1 Å². The molecule has 0 spiro atoms. The average molecular weight is 521 g/mol. The lowest BCUT2D eigenvalue weighted by Crippen LogP contribution is -2.29. The van der Waals surface area contributed by atoms with E-state index in [4.69, 9.17) is 21.1 Å². The maximum Gasteiger partial charge on any atom is 0.300 e. The number of carbonyl (C=O) groups excluding carboxylic acids is 2. The van der Waals surface area contributed by atoms with Crippen LogP contribution in [0.15, 0.2) is 72.3 Å². The fraction of sp³-hybridized carbons (Fsp3) is 0.241. The predicted octanol–water partition coefficient (Wildman–Crippen LogP) is 5.83. The molecule has 1 saturated heterocycles. The first kappa shape index (κ1) is 26.1. The molecule has 1 unspecified atom stereocenters. The third kappa shape index (κ3) is 5.13. The summed E-state index contributed by atoms with van der Waals surface area (Å²) in [4.78, 5) is 30.3. The van der Waals surface area contributed by atoms with Crippen molar-refractivity contribution in [2.24, 2.45) is 0 Å². The number of halogens is 1. The van der Waals surface area contributed by atoms with Gasteiger partial charge in [-0.25, -0.2) is 0 Å². The molecule has 1 heterocycles. The number of benzene rings is 3. The van der Waals surface area contributed by atoms with Crippen LogP contribution in [0.3, 0.4) is 0 Å². The van der Waals surface area contributed by atoms with Gasteiger partial charge < -0.3 is 19.5 Å². The second-order valence-corrected chi connectivity index (χ2v) is 9.07. The van der Waals surface area contributed by atoms with Crippen LogP contribution in [-0.2, 0) is 9.59 Å². The van der Waals surface area contributed by atoms with E-state index in [9.17, 15) is 14.7 Å². The first-order chi connectivity index (χ1) is 17.8. The Balaban J connectivity index is 1.93. The van der Waals surface area contributed by atoms with Gasteiger partial charge in [0.25, 0.3) is 11.7 Å². The maximum atomic E-state index is 13.5. The first-order valence-electron chi connectivity index (χ1n) is 12.0. The second kappa shape index (κ2) is 11.0. The summed E-state index contributed by atoms with van der Waals surface area (Å²) < 4.78 is 11.2. The minimum absolute atomic E-state index is 0.0556. The van der Waals surface area contributed by atoms with Crippen molar-refractivity contribution in [3.8, 4) is 11.5 Å². The maximum absolute atomic E-state index is 13.5. The second-order valence-electron chi connectivity index (χ2n) is 8.66. The first-order valence-corrected chi connectivity index (χ1v) is 12.4. The average Bonchev–Trinajstić information content (AvgIpc) is 3.15. The summed E-state index contributed by atoms with van der Waals surface area (Å²) in [5, 5.41) is 11.7. The van der Waals surface area contributed by atoms with Crippen molar-refractivity contribution in [2.75, 3.05) is 37.1 Å². The van der Waals surface area contributed by atoms with E-state index in [1.54, 1.807) is 42.5 Å². The number of hydrogen-bond acceptors (Lipinski definition) is 6. The van der Waals surface area contributed by atoms with Gasteiger partial charge in [0.1, 0.15) is 17.3 Å². The van der Waals surface area contributed by atoms with Gasteiger partial charge in [-0.2, -0.15) is 0 Å². The highest BCUT2D eigenvalue weighted by Crippen LogP contribution is 2.44. The third-order valence-corrected chi connectivity index (χ3v) is 6.41. The quantitative estimate of drug-likeness (QED) is 0.229. The molecule has 0 saturated carbocycles. The zero-order valence-corrected chi connectivity index (χ0v) is 22.0. The minimum Gasteiger partial charge on any atom is -0.507 e. The van der Waals surface area contributed by atoms with Gasteiger partial charge in [-0.05, 0) is 61.9 Å². The van der Waals surface area contributed by atoms with Crippen LogP contribution in [0.5, 0.6) is 11.5 Å². The number of amides is 1. The number of ketones is 1. The van der Waals surface area contributed by atoms with Gasteiger partial charge >= 0.3 is 0 Å². The molecule has 8 heteroatoms. The van der Waals surface area contributed by atoms with Crippen molar-refractivity contribution in [3.63, 3.8) is 0 Å². The molecule has 1 aliphatic rings. The molecule has 3 aromatic rings. The van der Waals surface area contributed by atoms with Crippen LogP contribution in [0, 0.1) is 0 Å². The standard InChI is InChI=1S/C29H29ClN2O5/c1-5-36-21-9-7-8-20(16-21)32-26(18-10-12-19(13-11-18)31(3)4)25(28(34)29(32)35)27(33)23-17-22(37-6-2)14-15-24(23)30/h7-17,26,33H,5-6H2,1-4H3/b27-25+. The highest BCUT2D eigenvalue weighted by molar-refractivity contribution is 6.52. The van der Waals surface area contributed by atoms with E-state index in [0.29, 0.717) is 36.0 Å². The van der Waals surface area contributed by atoms with Crippen molar-refractivity contribution < 1.29 is 24.2 Å². The van der Waals surface area contributed by atoms with Gasteiger partial charge in [-0.15, -0.1) is 0 Å². The van der Waals surface area contributed by atoms with Gasteiger partial charge in [-0.1, -0.05) is 29.8 Å². The topological polar surface area (TPSA) is 79.3 Å². The molecule has 1 amide bonds. The van der Waals surface area contributed by atoms with E-state index >= 15 is 0 Å². The highest BCUT2D eigenvalue weighted by Gasteiger charge is 2.47. The van der Waals surface area contributed by atoms with E-state index in [-0.39, 0.29) is 21.9 Å². The lowest BCUT2D eigenvalue weighted by atomic mass is 9.94. The highest BCUT2D eigenvalue weighted by atomic mass is 35.5. The number of carbonyl (C=O) groups is 2. The Morgan fingerprint density at radius 3 is 2.22 bits per heavy atom. The molecule has 1 atom stereocenters. The van der Waals surface area contributed by atoms with Gasteiger partial charge in [0, 0.05) is 37.1 Å². The fourth-order valence-corrected chi connectivity index (χ4v) is 4.55. The van der Waals surface area contributed by atoms with Crippen molar-refractivity contribution in [1.29, 1.82) is 0 Å². The van der Waals surface area contributed by atoms with E-state index < -0.39 is 17.7 Å². The zero-order chi connectivity index (χ0) is 26.7. The number of hydrogen-bond donors (Lipinski definition) is 1. The third-order valence-electron chi connectivity index (χ3n) is 6.08. The van der Waals surface area contributed by atoms with Crippen molar-refractivity contribution in [2.45, 2.75) is 19.9 Å². The SMILES string of the molecule is CCOc1cccc(N2C(=O)C(=O)/C(=C(/O)c3cc(OCC)ccc3Cl)C2c2ccc(N(C)C)cc2)c1. The Morgan fingerprint density at radius 2 is 1.59 bits per heavy atom. The van der Waals surface area contributed by atoms with Crippen molar-refractivity contribution in [1.82, 2.24) is 0 Å². The smallest absolute Gasteiger partial charge is 0.300 e. The molecule has 3 aromatic carbocycles. The lowest BCUT2D eigenvalue weighted by Gasteiger charge is -2.26. The van der Waals surface area contributed by atoms with Crippen LogP contribution >= 0.6 is 11.6 Å². The summed E-state index contributed by atoms with van der Waals surface area (Å²) >= 11 is 6.43. The molecule has 7 nitrogen and oxygen atoms in total. The summed E-state index contributed by atoms with van der Waals surface area (Å²) in [7, 11) is 3.85. The van der Waals surface area contributed by atoms with E-state index in [1.165, 1.54) is 4.90 Å². The predicted molar refractivity (Wildman–Crippen MR) is 146 cm³/mol. The van der Waals surface area contributed by atoms with E-state index in [0.717, 1.165) is 5.69 Å². The Morgan fingerprint density at radius 1 is 0.946 bits per heavy atom. The minimum atomic E-state index is -0.889. The Hall–Kier alpha value is -3.97. The van der Waals surface area contributed by atoms with Gasteiger partial charge in [-0.3, -0.25) is 14.5 Å². The summed E-state index contributed by atoms with van der Waals surface area (Å²) in [5.41, 5.74) is 2.24. The van der Waals surface area contributed by atoms with Gasteiger partial charge in [0.15, 0.2) is 0 Å². The number of aliphatic hydroxyl groups is 1. The van der Waals surface area contributed by atoms with E-state index in [2.05, 4.69) is 0 Å². The molecule has 192 valence electrons. The number of ether oxygens (including phenoxy) is 2. The van der Waals surface area contributed by atoms with Gasteiger partial charge in [0.05, 0.1) is 29.9 Å². The number of rotatable bonds is 8. The number of Topliss-reactive ketones (excluding diaryl/α,β-unsaturated/α-hetero) is 1. The Bertz CT molecular complexity index is 1350. The number of anilines is 2. The molecule has 0 radical (unpaired) electrons.